The van der Waals surface area contributed by atoms with E-state index >= 15 is 0 Å². The highest BCUT2D eigenvalue weighted by molar-refractivity contribution is 5.95. The molecule has 0 atom stereocenters. The Kier molecular flexibility index (Phi) is 4.97. The summed E-state index contributed by atoms with van der Waals surface area (Å²) < 4.78 is 7.03. The van der Waals surface area contributed by atoms with Gasteiger partial charge < -0.3 is 14.5 Å². The van der Waals surface area contributed by atoms with Crippen molar-refractivity contribution in [2.75, 3.05) is 38.2 Å². The molecule has 0 unspecified atom stereocenters. The van der Waals surface area contributed by atoms with Crippen LogP contribution in [0.3, 0.4) is 0 Å². The van der Waals surface area contributed by atoms with Crippen LogP contribution in [0.15, 0.2) is 30.5 Å². The summed E-state index contributed by atoms with van der Waals surface area (Å²) in [6.45, 7) is 7.19. The molecule has 1 aliphatic heterocycles. The van der Waals surface area contributed by atoms with Crippen LogP contribution in [0.1, 0.15) is 35.8 Å². The molecule has 0 aliphatic carbocycles. The van der Waals surface area contributed by atoms with E-state index in [0.29, 0.717) is 13.1 Å². The quantitative estimate of drug-likeness (QED) is 0.857. The molecule has 2 heterocycles. The van der Waals surface area contributed by atoms with E-state index in [0.717, 1.165) is 35.8 Å². The third kappa shape index (κ3) is 3.62. The van der Waals surface area contributed by atoms with E-state index in [9.17, 15) is 4.79 Å². The molecule has 1 amide bonds. The van der Waals surface area contributed by atoms with Crippen molar-refractivity contribution in [1.29, 1.82) is 0 Å². The Labute approximate surface area is 149 Å². The Morgan fingerprint density at radius 2 is 1.92 bits per heavy atom. The Bertz CT molecular complexity index is 746. The zero-order valence-corrected chi connectivity index (χ0v) is 15.4. The first-order valence-electron chi connectivity index (χ1n) is 8.71. The third-order valence-electron chi connectivity index (χ3n) is 4.62. The number of hydrogen-bond acceptors (Lipinski definition) is 4. The number of hydrogen-bond donors (Lipinski definition) is 0. The first-order chi connectivity index (χ1) is 12.0. The fourth-order valence-electron chi connectivity index (χ4n) is 3.24. The van der Waals surface area contributed by atoms with Crippen LogP contribution in [0.5, 0.6) is 5.75 Å². The number of rotatable bonds is 4. The molecule has 1 fully saturated rings. The maximum absolute atomic E-state index is 12.9. The van der Waals surface area contributed by atoms with E-state index in [4.69, 9.17) is 4.74 Å². The average molecular weight is 342 g/mol. The van der Waals surface area contributed by atoms with Crippen LogP contribution >= 0.6 is 0 Å². The van der Waals surface area contributed by atoms with Gasteiger partial charge in [0, 0.05) is 51.2 Å². The summed E-state index contributed by atoms with van der Waals surface area (Å²) in [7, 11) is 3.54. The molecule has 1 saturated heterocycles. The number of aromatic nitrogens is 2. The highest BCUT2D eigenvalue weighted by Crippen LogP contribution is 2.24. The van der Waals surface area contributed by atoms with Gasteiger partial charge >= 0.3 is 0 Å². The molecule has 0 saturated carbocycles. The zero-order valence-electron chi connectivity index (χ0n) is 15.4. The largest absolute Gasteiger partial charge is 0.497 e. The Balaban J connectivity index is 1.69. The molecule has 134 valence electrons. The summed E-state index contributed by atoms with van der Waals surface area (Å²) in [5.74, 6) is 1.17. The van der Waals surface area contributed by atoms with Gasteiger partial charge in [-0.3, -0.25) is 9.48 Å². The van der Waals surface area contributed by atoms with Crippen LogP contribution in [-0.2, 0) is 7.05 Å². The fraction of sp³-hybridized carbons (Fsp3) is 0.474. The molecule has 1 aromatic heterocycles. The number of ether oxygens (including phenoxy) is 1. The van der Waals surface area contributed by atoms with Gasteiger partial charge in [0.05, 0.1) is 18.4 Å². The van der Waals surface area contributed by atoms with Crippen LogP contribution < -0.4 is 9.64 Å². The molecule has 1 aliphatic rings. The SMILES string of the molecule is COc1cccc(N2CCN(C(=O)c3cn(C)nc3C(C)C)CC2)c1. The summed E-state index contributed by atoms with van der Waals surface area (Å²) in [6.07, 6.45) is 1.84. The van der Waals surface area contributed by atoms with E-state index in [1.165, 1.54) is 0 Å². The minimum atomic E-state index is 0.0853. The van der Waals surface area contributed by atoms with Gasteiger partial charge in [-0.25, -0.2) is 0 Å². The Morgan fingerprint density at radius 3 is 2.56 bits per heavy atom. The van der Waals surface area contributed by atoms with Crippen molar-refractivity contribution >= 4 is 11.6 Å². The van der Waals surface area contributed by atoms with Gasteiger partial charge in [-0.1, -0.05) is 19.9 Å². The van der Waals surface area contributed by atoms with Crippen molar-refractivity contribution in [2.24, 2.45) is 7.05 Å². The summed E-state index contributed by atoms with van der Waals surface area (Å²) in [6, 6.07) is 8.06. The van der Waals surface area contributed by atoms with Gasteiger partial charge in [-0.05, 0) is 18.1 Å². The number of piperazine rings is 1. The van der Waals surface area contributed by atoms with Gasteiger partial charge in [0.15, 0.2) is 0 Å². The standard InChI is InChI=1S/C19H26N4O2/c1-14(2)18-17(13-21(3)20-18)19(24)23-10-8-22(9-11-23)15-6-5-7-16(12-15)25-4/h5-7,12-14H,8-11H2,1-4H3. The van der Waals surface area contributed by atoms with Gasteiger partial charge in [-0.15, -0.1) is 0 Å². The lowest BCUT2D eigenvalue weighted by molar-refractivity contribution is 0.0745. The number of nitrogens with zero attached hydrogens (tertiary/aromatic N) is 4. The number of methoxy groups -OCH3 is 1. The van der Waals surface area contributed by atoms with Crippen LogP contribution in [-0.4, -0.2) is 53.9 Å². The molecular formula is C19H26N4O2. The summed E-state index contributed by atoms with van der Waals surface area (Å²) in [5.41, 5.74) is 2.74. The fourth-order valence-corrected chi connectivity index (χ4v) is 3.24. The molecule has 6 nitrogen and oxygen atoms in total. The lowest BCUT2D eigenvalue weighted by Crippen LogP contribution is -2.49. The minimum Gasteiger partial charge on any atom is -0.497 e. The smallest absolute Gasteiger partial charge is 0.257 e. The molecule has 25 heavy (non-hydrogen) atoms. The first-order valence-corrected chi connectivity index (χ1v) is 8.71. The monoisotopic (exact) mass is 342 g/mol. The van der Waals surface area contributed by atoms with E-state index in [2.05, 4.69) is 29.9 Å². The van der Waals surface area contributed by atoms with Crippen molar-refractivity contribution in [3.63, 3.8) is 0 Å². The molecule has 0 radical (unpaired) electrons. The van der Waals surface area contributed by atoms with Crippen molar-refractivity contribution in [3.05, 3.63) is 41.7 Å². The lowest BCUT2D eigenvalue weighted by atomic mass is 10.1. The molecule has 2 aromatic rings. The van der Waals surface area contributed by atoms with Gasteiger partial charge in [0.1, 0.15) is 5.75 Å². The van der Waals surface area contributed by atoms with Crippen LogP contribution in [0.2, 0.25) is 0 Å². The van der Waals surface area contributed by atoms with Crippen molar-refractivity contribution < 1.29 is 9.53 Å². The zero-order chi connectivity index (χ0) is 18.0. The normalized spacial score (nSPS) is 14.9. The number of carbonyl (C=O) groups excluding carboxylic acids is 1. The van der Waals surface area contributed by atoms with Gasteiger partial charge in [-0.2, -0.15) is 5.10 Å². The molecule has 3 rings (SSSR count). The first kappa shape index (κ1) is 17.3. The second kappa shape index (κ2) is 7.17. The topological polar surface area (TPSA) is 50.6 Å². The number of aryl methyl sites for hydroxylation is 1. The van der Waals surface area contributed by atoms with E-state index < -0.39 is 0 Å². The van der Waals surface area contributed by atoms with Gasteiger partial charge in [0.2, 0.25) is 0 Å². The van der Waals surface area contributed by atoms with Crippen LogP contribution in [0.4, 0.5) is 5.69 Å². The minimum absolute atomic E-state index is 0.0853. The number of benzene rings is 1. The molecule has 0 bridgehead atoms. The average Bonchev–Trinajstić information content (AvgIpc) is 3.03. The van der Waals surface area contributed by atoms with E-state index in [1.54, 1.807) is 11.8 Å². The summed E-state index contributed by atoms with van der Waals surface area (Å²) in [5, 5.41) is 4.45. The van der Waals surface area contributed by atoms with E-state index in [1.807, 2.05) is 36.3 Å². The number of anilines is 1. The summed E-state index contributed by atoms with van der Waals surface area (Å²) in [4.78, 5) is 17.1. The van der Waals surface area contributed by atoms with Crippen molar-refractivity contribution in [1.82, 2.24) is 14.7 Å². The Morgan fingerprint density at radius 1 is 1.20 bits per heavy atom. The number of amides is 1. The highest BCUT2D eigenvalue weighted by Gasteiger charge is 2.26. The molecule has 0 spiro atoms. The van der Waals surface area contributed by atoms with Crippen LogP contribution in [0.25, 0.3) is 0 Å². The third-order valence-corrected chi connectivity index (χ3v) is 4.62. The second-order valence-electron chi connectivity index (χ2n) is 6.74. The number of carbonyl (C=O) groups is 1. The van der Waals surface area contributed by atoms with Crippen molar-refractivity contribution in [3.8, 4) is 5.75 Å². The maximum atomic E-state index is 12.9. The molecular weight excluding hydrogens is 316 g/mol. The Hall–Kier alpha value is -2.50. The van der Waals surface area contributed by atoms with E-state index in [-0.39, 0.29) is 11.8 Å². The van der Waals surface area contributed by atoms with Crippen LogP contribution in [0, 0.1) is 0 Å². The molecule has 1 aromatic carbocycles. The lowest BCUT2D eigenvalue weighted by Gasteiger charge is -2.36. The molecule has 0 N–H and O–H groups in total. The second-order valence-corrected chi connectivity index (χ2v) is 6.74. The van der Waals surface area contributed by atoms with Crippen molar-refractivity contribution in [2.45, 2.75) is 19.8 Å². The maximum Gasteiger partial charge on any atom is 0.257 e. The van der Waals surface area contributed by atoms with Gasteiger partial charge in [0.25, 0.3) is 5.91 Å². The molecule has 6 heteroatoms. The highest BCUT2D eigenvalue weighted by atomic mass is 16.5. The predicted octanol–water partition coefficient (Wildman–Crippen LogP) is 2.51. The predicted molar refractivity (Wildman–Crippen MR) is 98.4 cm³/mol. The summed E-state index contributed by atoms with van der Waals surface area (Å²) >= 11 is 0.